The molecule has 2 aromatic rings. The number of alkyl halides is 3. The van der Waals surface area contributed by atoms with E-state index < -0.39 is 23.1 Å². The van der Waals surface area contributed by atoms with Crippen LogP contribution in [0.3, 0.4) is 0 Å². The van der Waals surface area contributed by atoms with E-state index in [0.717, 1.165) is 23.5 Å². The van der Waals surface area contributed by atoms with E-state index in [9.17, 15) is 23.5 Å². The lowest BCUT2D eigenvalue weighted by atomic mass is 9.93. The summed E-state index contributed by atoms with van der Waals surface area (Å²) in [6, 6.07) is 6.37. The molecule has 0 aliphatic carbocycles. The number of aliphatic hydroxyl groups is 1. The summed E-state index contributed by atoms with van der Waals surface area (Å²) in [6.07, 6.45) is -4.63. The lowest BCUT2D eigenvalue weighted by Gasteiger charge is -2.14. The van der Waals surface area contributed by atoms with Gasteiger partial charge in [0.1, 0.15) is 22.4 Å². The zero-order valence-electron chi connectivity index (χ0n) is 13.3. The molecule has 0 radical (unpaired) electrons. The molecule has 1 heterocycles. The SMILES string of the molecule is CC(C)(C)c1csc(C(C#N)=C(O)c2ccccc2C(F)(F)F)n1. The minimum absolute atomic E-state index is 0.192. The van der Waals surface area contributed by atoms with E-state index in [1.807, 2.05) is 20.8 Å². The summed E-state index contributed by atoms with van der Waals surface area (Å²) in [5.41, 5.74) is -1.27. The zero-order valence-corrected chi connectivity index (χ0v) is 14.1. The third-order valence-electron chi connectivity index (χ3n) is 3.32. The molecule has 24 heavy (non-hydrogen) atoms. The van der Waals surface area contributed by atoms with Crippen LogP contribution in [-0.2, 0) is 11.6 Å². The van der Waals surface area contributed by atoms with Crippen LogP contribution in [0.5, 0.6) is 0 Å². The molecule has 0 unspecified atom stereocenters. The van der Waals surface area contributed by atoms with Crippen molar-refractivity contribution < 1.29 is 18.3 Å². The molecule has 1 aromatic heterocycles. The van der Waals surface area contributed by atoms with Crippen LogP contribution in [0.2, 0.25) is 0 Å². The van der Waals surface area contributed by atoms with Gasteiger partial charge in [-0.2, -0.15) is 18.4 Å². The maximum absolute atomic E-state index is 13.1. The molecule has 0 amide bonds. The number of halogens is 3. The van der Waals surface area contributed by atoms with E-state index in [0.29, 0.717) is 5.69 Å². The van der Waals surface area contributed by atoms with Crippen LogP contribution in [0.15, 0.2) is 29.6 Å². The van der Waals surface area contributed by atoms with Gasteiger partial charge in [0.25, 0.3) is 0 Å². The zero-order chi connectivity index (χ0) is 18.1. The number of aliphatic hydroxyl groups excluding tert-OH is 1. The highest BCUT2D eigenvalue weighted by Crippen LogP contribution is 2.37. The van der Waals surface area contributed by atoms with E-state index in [1.54, 1.807) is 11.4 Å². The third-order valence-corrected chi connectivity index (χ3v) is 4.18. The first-order chi connectivity index (χ1) is 11.1. The summed E-state index contributed by atoms with van der Waals surface area (Å²) >= 11 is 1.11. The van der Waals surface area contributed by atoms with Gasteiger partial charge >= 0.3 is 6.18 Å². The quantitative estimate of drug-likeness (QED) is 0.581. The van der Waals surface area contributed by atoms with Crippen LogP contribution in [0, 0.1) is 11.3 Å². The maximum Gasteiger partial charge on any atom is 0.417 e. The molecule has 7 heteroatoms. The van der Waals surface area contributed by atoms with Crippen molar-refractivity contribution in [2.45, 2.75) is 32.4 Å². The van der Waals surface area contributed by atoms with Gasteiger partial charge < -0.3 is 5.11 Å². The van der Waals surface area contributed by atoms with E-state index in [4.69, 9.17) is 0 Å². The van der Waals surface area contributed by atoms with Crippen molar-refractivity contribution in [1.82, 2.24) is 4.98 Å². The standard InChI is InChI=1S/C17H15F3N2OS/c1-16(2,3)13-9-24-15(22-13)11(8-21)14(23)10-6-4-5-7-12(10)17(18,19)20/h4-7,9,23H,1-3H3. The molecule has 0 fully saturated rings. The van der Waals surface area contributed by atoms with Crippen molar-refractivity contribution in [3.8, 4) is 6.07 Å². The van der Waals surface area contributed by atoms with Gasteiger partial charge in [0.05, 0.1) is 11.3 Å². The highest BCUT2D eigenvalue weighted by atomic mass is 32.1. The summed E-state index contributed by atoms with van der Waals surface area (Å²) in [4.78, 5) is 4.29. The fourth-order valence-corrected chi connectivity index (χ4v) is 3.05. The van der Waals surface area contributed by atoms with Crippen molar-refractivity contribution in [2.24, 2.45) is 0 Å². The number of hydrogen-bond donors (Lipinski definition) is 1. The van der Waals surface area contributed by atoms with Crippen molar-refractivity contribution in [3.63, 3.8) is 0 Å². The van der Waals surface area contributed by atoms with Gasteiger partial charge in [0.15, 0.2) is 0 Å². The summed E-state index contributed by atoms with van der Waals surface area (Å²) in [6.45, 7) is 5.79. The Morgan fingerprint density at radius 2 is 1.83 bits per heavy atom. The van der Waals surface area contributed by atoms with E-state index >= 15 is 0 Å². The van der Waals surface area contributed by atoms with Crippen molar-refractivity contribution in [2.75, 3.05) is 0 Å². The average Bonchev–Trinajstić information content (AvgIpc) is 2.97. The van der Waals surface area contributed by atoms with E-state index in [2.05, 4.69) is 4.98 Å². The molecule has 0 saturated heterocycles. The second-order valence-corrected chi connectivity index (χ2v) is 7.02. The van der Waals surface area contributed by atoms with Crippen LogP contribution in [0.25, 0.3) is 11.3 Å². The molecule has 2 rings (SSSR count). The molecule has 0 atom stereocenters. The van der Waals surface area contributed by atoms with Crippen LogP contribution >= 0.6 is 11.3 Å². The van der Waals surface area contributed by atoms with Gasteiger partial charge in [0, 0.05) is 16.4 Å². The number of nitriles is 1. The van der Waals surface area contributed by atoms with Gasteiger partial charge in [-0.1, -0.05) is 39.0 Å². The fourth-order valence-electron chi connectivity index (χ4n) is 2.01. The van der Waals surface area contributed by atoms with Gasteiger partial charge in [-0.25, -0.2) is 4.98 Å². The Bertz CT molecular complexity index is 823. The molecule has 1 N–H and O–H groups in total. The summed E-state index contributed by atoms with van der Waals surface area (Å²) in [5.74, 6) is -0.722. The Kier molecular flexibility index (Phi) is 4.72. The first kappa shape index (κ1) is 18.0. The van der Waals surface area contributed by atoms with Gasteiger partial charge in [-0.15, -0.1) is 11.3 Å². The molecular weight excluding hydrogens is 337 g/mol. The Morgan fingerprint density at radius 1 is 1.21 bits per heavy atom. The number of hydrogen-bond acceptors (Lipinski definition) is 4. The van der Waals surface area contributed by atoms with Crippen molar-refractivity contribution in [1.29, 1.82) is 5.26 Å². The lowest BCUT2D eigenvalue weighted by molar-refractivity contribution is -0.137. The molecule has 126 valence electrons. The molecule has 0 saturated carbocycles. The van der Waals surface area contributed by atoms with Crippen LogP contribution in [-0.4, -0.2) is 10.1 Å². The normalized spacial score (nSPS) is 13.4. The predicted octanol–water partition coefficient (Wildman–Crippen LogP) is 5.41. The fraction of sp³-hybridized carbons (Fsp3) is 0.294. The molecule has 0 aliphatic heterocycles. The average molecular weight is 352 g/mol. The summed E-state index contributed by atoms with van der Waals surface area (Å²) < 4.78 is 39.3. The molecule has 1 aromatic carbocycles. The van der Waals surface area contributed by atoms with Gasteiger partial charge in [-0.3, -0.25) is 0 Å². The van der Waals surface area contributed by atoms with Crippen LogP contribution in [0.1, 0.15) is 42.6 Å². The van der Waals surface area contributed by atoms with Crippen molar-refractivity contribution >= 4 is 22.7 Å². The minimum atomic E-state index is -4.63. The second kappa shape index (κ2) is 6.29. The van der Waals surface area contributed by atoms with Crippen LogP contribution < -0.4 is 0 Å². The number of thiazole rings is 1. The van der Waals surface area contributed by atoms with Gasteiger partial charge in [0.2, 0.25) is 0 Å². The second-order valence-electron chi connectivity index (χ2n) is 6.17. The first-order valence-corrected chi connectivity index (χ1v) is 7.90. The number of allylic oxidation sites excluding steroid dienone is 1. The minimum Gasteiger partial charge on any atom is -0.506 e. The lowest BCUT2D eigenvalue weighted by Crippen LogP contribution is -2.11. The molecular formula is C17H15F3N2OS. The Labute approximate surface area is 141 Å². The number of benzene rings is 1. The highest BCUT2D eigenvalue weighted by molar-refractivity contribution is 7.11. The van der Waals surface area contributed by atoms with Crippen molar-refractivity contribution in [3.05, 3.63) is 51.5 Å². The Morgan fingerprint density at radius 3 is 2.33 bits per heavy atom. The number of nitrogens with zero attached hydrogens (tertiary/aromatic N) is 2. The first-order valence-electron chi connectivity index (χ1n) is 7.02. The summed E-state index contributed by atoms with van der Waals surface area (Å²) in [5, 5.41) is 21.6. The van der Waals surface area contributed by atoms with Crippen LogP contribution in [0.4, 0.5) is 13.2 Å². The predicted molar refractivity (Wildman–Crippen MR) is 87.3 cm³/mol. The highest BCUT2D eigenvalue weighted by Gasteiger charge is 2.34. The van der Waals surface area contributed by atoms with E-state index in [-0.39, 0.29) is 16.0 Å². The largest absolute Gasteiger partial charge is 0.506 e. The number of aromatic nitrogens is 1. The monoisotopic (exact) mass is 352 g/mol. The van der Waals surface area contributed by atoms with E-state index in [1.165, 1.54) is 12.1 Å². The molecule has 3 nitrogen and oxygen atoms in total. The smallest absolute Gasteiger partial charge is 0.417 e. The summed E-state index contributed by atoms with van der Waals surface area (Å²) in [7, 11) is 0. The third kappa shape index (κ3) is 3.60. The molecule has 0 spiro atoms. The molecule has 0 bridgehead atoms. The molecule has 0 aliphatic rings. The topological polar surface area (TPSA) is 56.9 Å². The van der Waals surface area contributed by atoms with Gasteiger partial charge in [-0.05, 0) is 6.07 Å². The maximum atomic E-state index is 13.1. The Balaban J connectivity index is 2.62. The number of rotatable bonds is 2. The Hall–Kier alpha value is -2.33.